The van der Waals surface area contributed by atoms with Crippen LogP contribution in [0.3, 0.4) is 0 Å². The Morgan fingerprint density at radius 2 is 2.11 bits per heavy atom. The second-order valence-electron chi connectivity index (χ2n) is 4.72. The van der Waals surface area contributed by atoms with E-state index in [0.29, 0.717) is 0 Å². The molecule has 0 fully saturated rings. The second-order valence-corrected chi connectivity index (χ2v) is 6.28. The molecule has 1 aromatic heterocycles. The molecular weight excluding hydrogens is 270 g/mol. The van der Waals surface area contributed by atoms with Gasteiger partial charge in [0.1, 0.15) is 10.6 Å². The van der Waals surface area contributed by atoms with Crippen molar-refractivity contribution < 1.29 is 18.3 Å². The third-order valence-corrected chi connectivity index (χ3v) is 3.74. The quantitative estimate of drug-likeness (QED) is 0.672. The molecule has 8 heteroatoms. The van der Waals surface area contributed by atoms with E-state index in [0.717, 1.165) is 0 Å². The van der Waals surface area contributed by atoms with Crippen molar-refractivity contribution in [3.05, 3.63) is 18.0 Å². The molecule has 0 aliphatic rings. The Bertz CT molecular complexity index is 562. The maximum absolute atomic E-state index is 12.0. The number of hydrogen-bond donors (Lipinski definition) is 3. The van der Waals surface area contributed by atoms with Gasteiger partial charge in [0.05, 0.1) is 12.6 Å². The van der Waals surface area contributed by atoms with E-state index in [1.807, 2.05) is 13.8 Å². The molecule has 0 aromatic carbocycles. The van der Waals surface area contributed by atoms with Crippen LogP contribution in [0.2, 0.25) is 0 Å². The van der Waals surface area contributed by atoms with Crippen LogP contribution in [0.5, 0.6) is 0 Å². The number of rotatable bonds is 5. The fourth-order valence-corrected chi connectivity index (χ4v) is 2.16. The molecule has 1 atom stereocenters. The summed E-state index contributed by atoms with van der Waals surface area (Å²) in [6.45, 7) is 3.54. The highest BCUT2D eigenvalue weighted by Gasteiger charge is 2.21. The lowest BCUT2D eigenvalue weighted by atomic mass is 10.1. The molecule has 4 N–H and O–H groups in total. The zero-order valence-electron chi connectivity index (χ0n) is 11.1. The standard InChI is InChI=1S/C11H19N3O4S/c1-7(2)9(6-15)13-11(16)10-4-8(5-14(10)3)19(12,17)18/h4-5,7,9,15H,6H2,1-3H3,(H,13,16)(H2,12,17,18)/t9-/m1/s1. The molecule has 0 radical (unpaired) electrons. The lowest BCUT2D eigenvalue weighted by Crippen LogP contribution is -2.41. The van der Waals surface area contributed by atoms with E-state index in [9.17, 15) is 13.2 Å². The average molecular weight is 289 g/mol. The molecule has 0 saturated heterocycles. The molecule has 1 aromatic rings. The smallest absolute Gasteiger partial charge is 0.268 e. The van der Waals surface area contributed by atoms with Gasteiger partial charge in [0.15, 0.2) is 0 Å². The Hall–Kier alpha value is -1.38. The predicted molar refractivity (Wildman–Crippen MR) is 70.0 cm³/mol. The van der Waals surface area contributed by atoms with Crippen molar-refractivity contribution in [2.24, 2.45) is 18.1 Å². The Balaban J connectivity index is 2.98. The summed E-state index contributed by atoms with van der Waals surface area (Å²) in [5.41, 5.74) is 0.170. The predicted octanol–water partition coefficient (Wildman–Crippen LogP) is -0.581. The highest BCUT2D eigenvalue weighted by atomic mass is 32.2. The molecule has 0 aliphatic carbocycles. The summed E-state index contributed by atoms with van der Waals surface area (Å²) in [4.78, 5) is 11.9. The van der Waals surface area contributed by atoms with Crippen molar-refractivity contribution in [3.8, 4) is 0 Å². The number of aromatic nitrogens is 1. The summed E-state index contributed by atoms with van der Waals surface area (Å²) in [6, 6.07) is 0.819. The molecule has 1 heterocycles. The molecule has 0 unspecified atom stereocenters. The first-order chi connectivity index (χ1) is 8.66. The third kappa shape index (κ3) is 3.79. The van der Waals surface area contributed by atoms with Gasteiger partial charge in [0.25, 0.3) is 5.91 Å². The van der Waals surface area contributed by atoms with E-state index >= 15 is 0 Å². The SMILES string of the molecule is CC(C)[C@@H](CO)NC(=O)c1cc(S(N)(=O)=O)cn1C. The maximum Gasteiger partial charge on any atom is 0.268 e. The first-order valence-corrected chi connectivity index (χ1v) is 7.32. The Morgan fingerprint density at radius 3 is 2.47 bits per heavy atom. The number of hydrogen-bond acceptors (Lipinski definition) is 4. The fourth-order valence-electron chi connectivity index (χ4n) is 1.58. The fraction of sp³-hybridized carbons (Fsp3) is 0.545. The molecule has 0 aliphatic heterocycles. The normalized spacial score (nSPS) is 13.6. The van der Waals surface area contributed by atoms with Crippen LogP contribution >= 0.6 is 0 Å². The number of carbonyl (C=O) groups is 1. The third-order valence-electron chi connectivity index (χ3n) is 2.86. The van der Waals surface area contributed by atoms with Gasteiger partial charge in [-0.1, -0.05) is 13.8 Å². The summed E-state index contributed by atoms with van der Waals surface area (Å²) in [6.07, 6.45) is 1.27. The number of nitrogens with zero attached hydrogens (tertiary/aromatic N) is 1. The monoisotopic (exact) mass is 289 g/mol. The first kappa shape index (κ1) is 15.7. The second kappa shape index (κ2) is 5.72. The van der Waals surface area contributed by atoms with Gasteiger partial charge in [0.2, 0.25) is 10.0 Å². The van der Waals surface area contributed by atoms with Crippen molar-refractivity contribution >= 4 is 15.9 Å². The van der Waals surface area contributed by atoms with Gasteiger partial charge in [-0.25, -0.2) is 13.6 Å². The molecular formula is C11H19N3O4S. The molecule has 1 amide bonds. The minimum absolute atomic E-state index is 0.0620. The first-order valence-electron chi connectivity index (χ1n) is 5.77. The molecule has 19 heavy (non-hydrogen) atoms. The van der Waals surface area contributed by atoms with E-state index in [1.165, 1.54) is 16.8 Å². The van der Waals surface area contributed by atoms with Gasteiger partial charge in [0, 0.05) is 13.2 Å². The minimum Gasteiger partial charge on any atom is -0.394 e. The number of primary sulfonamides is 1. The van der Waals surface area contributed by atoms with E-state index in [4.69, 9.17) is 10.2 Å². The van der Waals surface area contributed by atoms with Gasteiger partial charge in [-0.2, -0.15) is 0 Å². The molecule has 0 bridgehead atoms. The van der Waals surface area contributed by atoms with Crippen LogP contribution in [-0.2, 0) is 17.1 Å². The van der Waals surface area contributed by atoms with E-state index < -0.39 is 15.9 Å². The van der Waals surface area contributed by atoms with Crippen LogP contribution in [0.15, 0.2) is 17.2 Å². The molecule has 0 saturated carbocycles. The van der Waals surface area contributed by atoms with Gasteiger partial charge >= 0.3 is 0 Å². The lowest BCUT2D eigenvalue weighted by molar-refractivity contribution is 0.0888. The number of nitrogens with one attached hydrogen (secondary N) is 1. The van der Waals surface area contributed by atoms with Crippen molar-refractivity contribution in [2.45, 2.75) is 24.8 Å². The van der Waals surface area contributed by atoms with E-state index in [-0.39, 0.29) is 29.2 Å². The highest BCUT2D eigenvalue weighted by Crippen LogP contribution is 2.12. The summed E-state index contributed by atoms with van der Waals surface area (Å²) >= 11 is 0. The zero-order chi connectivity index (χ0) is 14.8. The van der Waals surface area contributed by atoms with Crippen LogP contribution in [0.4, 0.5) is 0 Å². The summed E-state index contributed by atoms with van der Waals surface area (Å²) in [5, 5.41) is 16.8. The molecule has 7 nitrogen and oxygen atoms in total. The average Bonchev–Trinajstić information content (AvgIpc) is 2.67. The number of aryl methyl sites for hydroxylation is 1. The van der Waals surface area contributed by atoms with Crippen molar-refractivity contribution in [3.63, 3.8) is 0 Å². The van der Waals surface area contributed by atoms with Crippen LogP contribution in [0, 0.1) is 5.92 Å². The summed E-state index contributed by atoms with van der Waals surface area (Å²) < 4.78 is 23.8. The molecule has 1 rings (SSSR count). The van der Waals surface area contributed by atoms with Gasteiger partial charge in [-0.3, -0.25) is 4.79 Å². The van der Waals surface area contributed by atoms with Gasteiger partial charge in [-0.05, 0) is 12.0 Å². The van der Waals surface area contributed by atoms with Crippen molar-refractivity contribution in [1.29, 1.82) is 0 Å². The Morgan fingerprint density at radius 1 is 1.53 bits per heavy atom. The minimum atomic E-state index is -3.84. The van der Waals surface area contributed by atoms with Crippen LogP contribution < -0.4 is 10.5 Å². The lowest BCUT2D eigenvalue weighted by Gasteiger charge is -2.19. The van der Waals surface area contributed by atoms with Gasteiger partial charge < -0.3 is 15.0 Å². The number of amides is 1. The number of carbonyl (C=O) groups excluding carboxylic acids is 1. The number of aliphatic hydroxyl groups excluding tert-OH is 1. The summed E-state index contributed by atoms with van der Waals surface area (Å²) in [5.74, 6) is -0.392. The van der Waals surface area contributed by atoms with Crippen molar-refractivity contribution in [1.82, 2.24) is 9.88 Å². The number of sulfonamides is 1. The number of aliphatic hydroxyl groups is 1. The van der Waals surface area contributed by atoms with E-state index in [2.05, 4.69) is 5.32 Å². The number of nitrogens with two attached hydrogens (primary N) is 1. The topological polar surface area (TPSA) is 114 Å². The van der Waals surface area contributed by atoms with Crippen LogP contribution in [0.1, 0.15) is 24.3 Å². The largest absolute Gasteiger partial charge is 0.394 e. The van der Waals surface area contributed by atoms with Crippen LogP contribution in [0.25, 0.3) is 0 Å². The zero-order valence-corrected chi connectivity index (χ0v) is 11.9. The van der Waals surface area contributed by atoms with Gasteiger partial charge in [-0.15, -0.1) is 0 Å². The van der Waals surface area contributed by atoms with Crippen molar-refractivity contribution in [2.75, 3.05) is 6.61 Å². The Labute approximate surface area is 112 Å². The molecule has 108 valence electrons. The Kier molecular flexibility index (Phi) is 4.72. The van der Waals surface area contributed by atoms with E-state index in [1.54, 1.807) is 7.05 Å². The summed E-state index contributed by atoms with van der Waals surface area (Å²) in [7, 11) is -2.29. The highest BCUT2D eigenvalue weighted by molar-refractivity contribution is 7.89. The molecule has 0 spiro atoms. The van der Waals surface area contributed by atoms with Crippen LogP contribution in [-0.4, -0.2) is 36.6 Å². The maximum atomic E-state index is 12.0.